The largest absolute Gasteiger partial charge is 1.00 e. The van der Waals surface area contributed by atoms with E-state index in [9.17, 15) is 0 Å². The van der Waals surface area contributed by atoms with Crippen molar-refractivity contribution in [2.75, 3.05) is 7.11 Å². The van der Waals surface area contributed by atoms with Gasteiger partial charge in [-0.2, -0.15) is 0 Å². The van der Waals surface area contributed by atoms with Gasteiger partial charge < -0.3 is 6.16 Å². The van der Waals surface area contributed by atoms with Crippen LogP contribution in [0.3, 0.4) is 0 Å². The molecule has 0 spiro atoms. The average Bonchev–Trinajstić information content (AvgIpc) is 2.33. The van der Waals surface area contributed by atoms with E-state index in [1.54, 1.807) is 18.9 Å². The zero-order valence-corrected chi connectivity index (χ0v) is 13.6. The van der Waals surface area contributed by atoms with Crippen LogP contribution in [0.4, 0.5) is 0 Å². The van der Waals surface area contributed by atoms with E-state index in [2.05, 4.69) is 24.8 Å². The van der Waals surface area contributed by atoms with Crippen LogP contribution in [0.15, 0.2) is 63.2 Å². The molecule has 0 atom stereocenters. The standard InChI is InChI=1S/C13H12OS2.Na.H/c1-14-10-7-8-12(15)13(9-10)16-11-5-3-2-4-6-11;;/h2-9,15H,1H3;;/q;+1;-1. The van der Waals surface area contributed by atoms with Gasteiger partial charge in [-0.05, 0) is 30.3 Å². The van der Waals surface area contributed by atoms with E-state index in [4.69, 9.17) is 4.74 Å². The molecule has 0 unspecified atom stereocenters. The number of rotatable bonds is 3. The molecule has 2 aromatic carbocycles. The van der Waals surface area contributed by atoms with Crippen molar-refractivity contribution in [3.05, 3.63) is 48.5 Å². The topological polar surface area (TPSA) is 9.23 Å². The van der Waals surface area contributed by atoms with Crippen LogP contribution in [0.25, 0.3) is 0 Å². The van der Waals surface area contributed by atoms with E-state index < -0.39 is 0 Å². The van der Waals surface area contributed by atoms with Crippen LogP contribution in [0.5, 0.6) is 5.75 Å². The third-order valence-corrected chi connectivity index (χ3v) is 3.74. The van der Waals surface area contributed by atoms with Crippen LogP contribution in [0.2, 0.25) is 0 Å². The summed E-state index contributed by atoms with van der Waals surface area (Å²) in [6.45, 7) is 0. The van der Waals surface area contributed by atoms with Crippen molar-refractivity contribution in [1.29, 1.82) is 0 Å². The van der Waals surface area contributed by atoms with E-state index in [1.165, 1.54) is 4.90 Å². The molecule has 0 amide bonds. The summed E-state index contributed by atoms with van der Waals surface area (Å²) in [7, 11) is 1.67. The van der Waals surface area contributed by atoms with Crippen molar-refractivity contribution in [2.24, 2.45) is 0 Å². The summed E-state index contributed by atoms with van der Waals surface area (Å²) >= 11 is 6.13. The maximum atomic E-state index is 5.20. The minimum absolute atomic E-state index is 0. The molecular weight excluding hydrogens is 259 g/mol. The SMILES string of the molecule is COc1ccc(S)c(Sc2ccccc2)c1.[H-].[Na+]. The van der Waals surface area contributed by atoms with Crippen molar-refractivity contribution in [1.82, 2.24) is 0 Å². The van der Waals surface area contributed by atoms with Gasteiger partial charge in [0.1, 0.15) is 5.75 Å². The summed E-state index contributed by atoms with van der Waals surface area (Å²) in [5, 5.41) is 0. The van der Waals surface area contributed by atoms with E-state index in [1.807, 2.05) is 36.4 Å². The average molecular weight is 272 g/mol. The van der Waals surface area contributed by atoms with Crippen LogP contribution in [-0.4, -0.2) is 7.11 Å². The number of methoxy groups -OCH3 is 1. The van der Waals surface area contributed by atoms with E-state index in [0.29, 0.717) is 0 Å². The maximum absolute atomic E-state index is 5.20. The molecule has 17 heavy (non-hydrogen) atoms. The van der Waals surface area contributed by atoms with Gasteiger partial charge in [0.2, 0.25) is 0 Å². The number of benzene rings is 2. The van der Waals surface area contributed by atoms with Crippen LogP contribution >= 0.6 is 24.4 Å². The van der Waals surface area contributed by atoms with Gasteiger partial charge in [0.25, 0.3) is 0 Å². The van der Waals surface area contributed by atoms with Gasteiger partial charge in [0.15, 0.2) is 0 Å². The second kappa shape index (κ2) is 7.39. The molecule has 0 saturated heterocycles. The van der Waals surface area contributed by atoms with Gasteiger partial charge in [0.05, 0.1) is 7.11 Å². The molecule has 0 fully saturated rings. The van der Waals surface area contributed by atoms with Gasteiger partial charge in [0, 0.05) is 14.7 Å². The van der Waals surface area contributed by atoms with Gasteiger partial charge >= 0.3 is 29.6 Å². The molecule has 0 aliphatic rings. The first kappa shape index (κ1) is 15.0. The Morgan fingerprint density at radius 3 is 2.47 bits per heavy atom. The zero-order valence-electron chi connectivity index (χ0n) is 10.9. The third kappa shape index (κ3) is 4.27. The van der Waals surface area contributed by atoms with Crippen LogP contribution in [0.1, 0.15) is 1.43 Å². The number of hydrogen-bond acceptors (Lipinski definition) is 3. The van der Waals surface area contributed by atoms with Gasteiger partial charge in [-0.1, -0.05) is 30.0 Å². The summed E-state index contributed by atoms with van der Waals surface area (Å²) in [6.07, 6.45) is 0. The number of thiol groups is 1. The second-order valence-corrected chi connectivity index (χ2v) is 4.85. The number of ether oxygens (including phenoxy) is 1. The molecule has 2 aromatic rings. The number of hydrogen-bond donors (Lipinski definition) is 1. The molecule has 4 heteroatoms. The second-order valence-electron chi connectivity index (χ2n) is 3.25. The molecule has 2 rings (SSSR count). The molecule has 0 aliphatic carbocycles. The molecule has 0 aromatic heterocycles. The Labute approximate surface area is 135 Å². The van der Waals surface area contributed by atoms with Crippen molar-refractivity contribution >= 4 is 24.4 Å². The van der Waals surface area contributed by atoms with Crippen molar-refractivity contribution in [3.63, 3.8) is 0 Å². The Kier molecular flexibility index (Phi) is 6.52. The molecule has 0 bridgehead atoms. The molecule has 84 valence electrons. The molecule has 0 N–H and O–H groups in total. The fourth-order valence-electron chi connectivity index (χ4n) is 1.32. The molecule has 1 nitrogen and oxygen atoms in total. The van der Waals surface area contributed by atoms with Crippen LogP contribution < -0.4 is 34.3 Å². The van der Waals surface area contributed by atoms with Crippen molar-refractivity contribution in [2.45, 2.75) is 14.7 Å². The van der Waals surface area contributed by atoms with E-state index in [0.717, 1.165) is 15.5 Å². The smallest absolute Gasteiger partial charge is 1.00 e. The first-order valence-corrected chi connectivity index (χ1v) is 6.16. The van der Waals surface area contributed by atoms with Gasteiger partial charge in [-0.3, -0.25) is 0 Å². The molecule has 0 radical (unpaired) electrons. The fourth-order valence-corrected chi connectivity index (χ4v) is 2.49. The Morgan fingerprint density at radius 2 is 1.82 bits per heavy atom. The fraction of sp³-hybridized carbons (Fsp3) is 0.0769. The minimum Gasteiger partial charge on any atom is -1.00 e. The van der Waals surface area contributed by atoms with E-state index in [-0.39, 0.29) is 31.0 Å². The van der Waals surface area contributed by atoms with Crippen molar-refractivity contribution in [3.8, 4) is 5.75 Å². The zero-order chi connectivity index (χ0) is 11.4. The normalized spacial score (nSPS) is 9.53. The van der Waals surface area contributed by atoms with Gasteiger partial charge in [-0.15, -0.1) is 12.6 Å². The summed E-state index contributed by atoms with van der Waals surface area (Å²) < 4.78 is 5.20. The summed E-state index contributed by atoms with van der Waals surface area (Å²) in [6, 6.07) is 16.1. The summed E-state index contributed by atoms with van der Waals surface area (Å²) in [4.78, 5) is 3.27. The molecular formula is C13H13NaOS2. The predicted molar refractivity (Wildman–Crippen MR) is 71.9 cm³/mol. The van der Waals surface area contributed by atoms with Crippen LogP contribution in [-0.2, 0) is 0 Å². The predicted octanol–water partition coefficient (Wildman–Crippen LogP) is 1.25. The Morgan fingerprint density at radius 1 is 1.12 bits per heavy atom. The first-order valence-electron chi connectivity index (χ1n) is 4.89. The summed E-state index contributed by atoms with van der Waals surface area (Å²) in [5.41, 5.74) is 0. The Hall–Kier alpha value is -0.0600. The Balaban J connectivity index is 0.00000144. The van der Waals surface area contributed by atoms with Crippen molar-refractivity contribution < 1.29 is 35.7 Å². The quantitative estimate of drug-likeness (QED) is 0.665. The minimum atomic E-state index is 0. The molecule has 0 aliphatic heterocycles. The van der Waals surface area contributed by atoms with E-state index >= 15 is 0 Å². The van der Waals surface area contributed by atoms with Gasteiger partial charge in [-0.25, -0.2) is 0 Å². The summed E-state index contributed by atoms with van der Waals surface area (Å²) in [5.74, 6) is 0.858. The molecule has 0 heterocycles. The third-order valence-electron chi connectivity index (χ3n) is 2.14. The molecule has 0 saturated carbocycles. The monoisotopic (exact) mass is 272 g/mol. The van der Waals surface area contributed by atoms with Crippen LogP contribution in [0, 0.1) is 0 Å². The first-order chi connectivity index (χ1) is 7.79. The Bertz CT molecular complexity index is 480. The maximum Gasteiger partial charge on any atom is 1.00 e.